The van der Waals surface area contributed by atoms with Gasteiger partial charge in [-0.05, 0) is 62.0 Å². The summed E-state index contributed by atoms with van der Waals surface area (Å²) in [5.74, 6) is -1.18. The van der Waals surface area contributed by atoms with Gasteiger partial charge in [0.25, 0.3) is 0 Å². The number of ether oxygens (including phenoxy) is 3. The fourth-order valence-corrected chi connectivity index (χ4v) is 9.56. The average molecular weight is 537 g/mol. The van der Waals surface area contributed by atoms with Crippen LogP contribution < -0.4 is 0 Å². The van der Waals surface area contributed by atoms with Gasteiger partial charge in [0.1, 0.15) is 18.3 Å². The fourth-order valence-electron chi connectivity index (χ4n) is 9.56. The molecular formula is C32H40O7. The molecule has 2 heterocycles. The van der Waals surface area contributed by atoms with Crippen LogP contribution in [0.2, 0.25) is 0 Å². The van der Waals surface area contributed by atoms with Gasteiger partial charge in [0.2, 0.25) is 0 Å². The van der Waals surface area contributed by atoms with E-state index in [1.165, 1.54) is 12.5 Å². The molecule has 0 aromatic carbocycles. The standard InChI is InChI=1S/C32H40O7/c1-15(8-7-9-33)21-12-24-26(10-16(21)2)39-30(36)32(24)14-31-17(3)11-25-22(18(4)29(35)38-25)13-23(31)19(5)27(32)28(31)37-20(6)34/h12,15,17,22,24-28,33H,2,4,7-11,13-14H2,1,3,5-6H3/t15-,17-,22+,24+,25-,26-,27+,28?,31-,32-/m1/s1. The number of fused-ring (bicyclic) bond motifs is 5. The summed E-state index contributed by atoms with van der Waals surface area (Å²) in [5.41, 5.74) is 3.60. The minimum atomic E-state index is -0.831. The van der Waals surface area contributed by atoms with Crippen molar-refractivity contribution < 1.29 is 33.7 Å². The van der Waals surface area contributed by atoms with Crippen LogP contribution in [0, 0.1) is 40.4 Å². The number of hydrogen-bond acceptors (Lipinski definition) is 7. The molecule has 4 fully saturated rings. The van der Waals surface area contributed by atoms with Gasteiger partial charge in [-0.2, -0.15) is 0 Å². The molecule has 2 bridgehead atoms. The van der Waals surface area contributed by atoms with Crippen LogP contribution in [0.25, 0.3) is 0 Å². The van der Waals surface area contributed by atoms with Crippen LogP contribution in [0.4, 0.5) is 0 Å². The molecule has 7 heteroatoms. The molecule has 0 amide bonds. The molecule has 4 aliphatic carbocycles. The van der Waals surface area contributed by atoms with Gasteiger partial charge in [-0.25, -0.2) is 4.79 Å². The van der Waals surface area contributed by atoms with Crippen molar-refractivity contribution in [2.75, 3.05) is 6.61 Å². The van der Waals surface area contributed by atoms with Crippen molar-refractivity contribution in [3.05, 3.63) is 47.1 Å². The molecule has 0 aromatic heterocycles. The quantitative estimate of drug-likeness (QED) is 0.237. The van der Waals surface area contributed by atoms with Crippen LogP contribution in [-0.2, 0) is 28.6 Å². The maximum atomic E-state index is 14.1. The van der Waals surface area contributed by atoms with E-state index >= 15 is 0 Å². The Morgan fingerprint density at radius 3 is 2.64 bits per heavy atom. The summed E-state index contributed by atoms with van der Waals surface area (Å²) in [4.78, 5) is 39.0. The summed E-state index contributed by atoms with van der Waals surface area (Å²) in [6.07, 6.45) is 5.19. The van der Waals surface area contributed by atoms with E-state index in [4.69, 9.17) is 14.2 Å². The smallest absolute Gasteiger partial charge is 0.334 e. The molecule has 39 heavy (non-hydrogen) atoms. The lowest BCUT2D eigenvalue weighted by Crippen LogP contribution is -2.43. The van der Waals surface area contributed by atoms with Crippen LogP contribution in [0.15, 0.2) is 47.1 Å². The van der Waals surface area contributed by atoms with Crippen LogP contribution in [0.5, 0.6) is 0 Å². The van der Waals surface area contributed by atoms with Gasteiger partial charge in [-0.3, -0.25) is 9.59 Å². The zero-order valence-corrected chi connectivity index (χ0v) is 23.5. The molecule has 2 aliphatic heterocycles. The van der Waals surface area contributed by atoms with E-state index in [0.29, 0.717) is 37.7 Å². The predicted molar refractivity (Wildman–Crippen MR) is 143 cm³/mol. The summed E-state index contributed by atoms with van der Waals surface area (Å²) < 4.78 is 18.1. The van der Waals surface area contributed by atoms with Crippen molar-refractivity contribution in [3.8, 4) is 0 Å². The van der Waals surface area contributed by atoms with E-state index in [9.17, 15) is 19.5 Å². The van der Waals surface area contributed by atoms with Crippen LogP contribution in [0.1, 0.15) is 66.2 Å². The Bertz CT molecular complexity index is 1240. The Hall–Kier alpha value is -2.67. The number of aliphatic hydroxyl groups is 1. The summed E-state index contributed by atoms with van der Waals surface area (Å²) >= 11 is 0. The number of carbonyl (C=O) groups excluding carboxylic acids is 3. The van der Waals surface area contributed by atoms with Gasteiger partial charge in [0, 0.05) is 48.7 Å². The first-order chi connectivity index (χ1) is 18.5. The summed E-state index contributed by atoms with van der Waals surface area (Å²) in [6.45, 7) is 16.4. The van der Waals surface area contributed by atoms with Gasteiger partial charge < -0.3 is 19.3 Å². The van der Waals surface area contributed by atoms with Gasteiger partial charge in [-0.1, -0.05) is 44.2 Å². The van der Waals surface area contributed by atoms with Crippen molar-refractivity contribution in [3.63, 3.8) is 0 Å². The highest BCUT2D eigenvalue weighted by molar-refractivity contribution is 5.91. The van der Waals surface area contributed by atoms with E-state index in [1.807, 2.05) is 0 Å². The van der Waals surface area contributed by atoms with E-state index < -0.39 is 16.9 Å². The normalized spacial score (nSPS) is 43.0. The third kappa shape index (κ3) is 3.41. The molecule has 1 unspecified atom stereocenters. The van der Waals surface area contributed by atoms with Crippen molar-refractivity contribution in [1.82, 2.24) is 0 Å². The summed E-state index contributed by atoms with van der Waals surface area (Å²) in [5, 5.41) is 9.39. The molecule has 2 saturated carbocycles. The highest BCUT2D eigenvalue weighted by Gasteiger charge is 2.78. The topological polar surface area (TPSA) is 99.1 Å². The van der Waals surface area contributed by atoms with E-state index in [1.54, 1.807) is 0 Å². The largest absolute Gasteiger partial charge is 0.461 e. The van der Waals surface area contributed by atoms with Crippen LogP contribution >= 0.6 is 0 Å². The number of aliphatic hydroxyl groups excluding tert-OH is 1. The molecular weight excluding hydrogens is 496 g/mol. The average Bonchev–Trinajstić information content (AvgIpc) is 3.45. The van der Waals surface area contributed by atoms with Crippen molar-refractivity contribution in [1.29, 1.82) is 0 Å². The number of rotatable bonds is 5. The first kappa shape index (κ1) is 26.5. The van der Waals surface area contributed by atoms with Gasteiger partial charge in [-0.15, -0.1) is 0 Å². The molecule has 2 saturated heterocycles. The second kappa shape index (κ2) is 8.92. The first-order valence-electron chi connectivity index (χ1n) is 14.5. The Morgan fingerprint density at radius 2 is 1.95 bits per heavy atom. The number of hydrogen-bond donors (Lipinski definition) is 1. The molecule has 6 rings (SSSR count). The summed E-state index contributed by atoms with van der Waals surface area (Å²) in [7, 11) is 0. The Balaban J connectivity index is 1.48. The van der Waals surface area contributed by atoms with E-state index in [-0.39, 0.29) is 66.3 Å². The SMILES string of the molecule is C=C1C[C@H]2OC(=O)[C@]3(C[C@@]45C(=C(C)[C@H]3C4OC(C)=O)C[C@H]3C(=C)C(=O)O[C@@H]3C[C@H]5C)[C@H]2C=C1[C@H](C)CCCO. The fraction of sp³-hybridized carbons (Fsp3) is 0.656. The van der Waals surface area contributed by atoms with Crippen molar-refractivity contribution in [2.24, 2.45) is 40.4 Å². The second-order valence-electron chi connectivity index (χ2n) is 13.0. The minimum Gasteiger partial charge on any atom is -0.461 e. The zero-order chi connectivity index (χ0) is 28.0. The molecule has 210 valence electrons. The predicted octanol–water partition coefficient (Wildman–Crippen LogP) is 4.61. The van der Waals surface area contributed by atoms with Crippen LogP contribution in [0.3, 0.4) is 0 Å². The molecule has 6 aliphatic rings. The monoisotopic (exact) mass is 536 g/mol. The Morgan fingerprint density at radius 1 is 1.21 bits per heavy atom. The molecule has 0 radical (unpaired) electrons. The maximum Gasteiger partial charge on any atom is 0.334 e. The van der Waals surface area contributed by atoms with E-state index in [2.05, 4.69) is 40.0 Å². The number of carbonyl (C=O) groups is 3. The molecule has 7 nitrogen and oxygen atoms in total. The number of allylic oxidation sites excluding steroid dienone is 1. The highest BCUT2D eigenvalue weighted by atomic mass is 16.6. The molecule has 10 atom stereocenters. The van der Waals surface area contributed by atoms with Crippen molar-refractivity contribution in [2.45, 2.75) is 84.5 Å². The molecule has 2 spiro atoms. The van der Waals surface area contributed by atoms with Gasteiger partial charge >= 0.3 is 17.9 Å². The minimum absolute atomic E-state index is 0.0159. The Labute approximate surface area is 230 Å². The second-order valence-corrected chi connectivity index (χ2v) is 13.0. The lowest BCUT2D eigenvalue weighted by atomic mass is 9.57. The van der Waals surface area contributed by atoms with Crippen LogP contribution in [-0.4, -0.2) is 47.9 Å². The van der Waals surface area contributed by atoms with Gasteiger partial charge in [0.05, 0.1) is 5.41 Å². The third-order valence-corrected chi connectivity index (χ3v) is 11.2. The van der Waals surface area contributed by atoms with Gasteiger partial charge in [0.15, 0.2) is 0 Å². The third-order valence-electron chi connectivity index (χ3n) is 11.2. The first-order valence-corrected chi connectivity index (χ1v) is 14.5. The van der Waals surface area contributed by atoms with Crippen molar-refractivity contribution >= 4 is 17.9 Å². The zero-order valence-electron chi connectivity index (χ0n) is 23.5. The molecule has 0 aromatic rings. The highest BCUT2D eigenvalue weighted by Crippen LogP contribution is 2.75. The summed E-state index contributed by atoms with van der Waals surface area (Å²) in [6, 6.07) is 0. The number of esters is 3. The van der Waals surface area contributed by atoms with E-state index in [0.717, 1.165) is 23.1 Å². The lowest BCUT2D eigenvalue weighted by molar-refractivity contribution is -0.156. The molecule has 1 N–H and O–H groups in total. The Kier molecular flexibility index (Phi) is 6.07. The lowest BCUT2D eigenvalue weighted by Gasteiger charge is -2.43. The maximum absolute atomic E-state index is 14.1.